The van der Waals surface area contributed by atoms with E-state index >= 15 is 0 Å². The van der Waals surface area contributed by atoms with Gasteiger partial charge in [-0.15, -0.1) is 10.2 Å². The van der Waals surface area contributed by atoms with E-state index in [4.69, 9.17) is 14.9 Å². The summed E-state index contributed by atoms with van der Waals surface area (Å²) in [4.78, 5) is 8.26. The summed E-state index contributed by atoms with van der Waals surface area (Å²) in [6.07, 6.45) is 4.89. The molecule has 0 amide bonds. The lowest BCUT2D eigenvalue weighted by molar-refractivity contribution is 0.479. The average Bonchev–Trinajstić information content (AvgIpc) is 3.20. The van der Waals surface area contributed by atoms with Crippen LogP contribution >= 0.6 is 0 Å². The summed E-state index contributed by atoms with van der Waals surface area (Å²) in [6, 6.07) is 13.4. The molecule has 7 nitrogen and oxygen atoms in total. The van der Waals surface area contributed by atoms with Crippen molar-refractivity contribution in [3.8, 4) is 34.4 Å². The number of aromatic nitrogens is 4. The molecule has 146 valence electrons. The highest BCUT2D eigenvalue weighted by molar-refractivity contribution is 5.69. The Labute approximate surface area is 168 Å². The predicted octanol–water partition coefficient (Wildman–Crippen LogP) is 4.87. The molecule has 0 saturated heterocycles. The zero-order valence-corrected chi connectivity index (χ0v) is 16.5. The zero-order chi connectivity index (χ0) is 20.4. The van der Waals surface area contributed by atoms with Crippen molar-refractivity contribution >= 4 is 5.82 Å². The Bertz CT molecular complexity index is 1120. The van der Waals surface area contributed by atoms with Crippen LogP contribution < -0.4 is 10.5 Å². The Morgan fingerprint density at radius 1 is 0.931 bits per heavy atom. The number of anilines is 1. The minimum Gasteiger partial charge on any atom is -0.456 e. The number of pyridine rings is 2. The van der Waals surface area contributed by atoms with Gasteiger partial charge in [0.1, 0.15) is 17.3 Å². The van der Waals surface area contributed by atoms with E-state index in [2.05, 4.69) is 53.1 Å². The first-order valence-electron chi connectivity index (χ1n) is 9.18. The number of ether oxygens (including phenoxy) is 1. The second-order valence-electron chi connectivity index (χ2n) is 7.63. The number of nitrogens with two attached hydrogens (primary N) is 1. The molecule has 3 heterocycles. The highest BCUT2D eigenvalue weighted by Crippen LogP contribution is 2.32. The average molecular weight is 387 g/mol. The smallest absolute Gasteiger partial charge is 0.252 e. The Hall–Kier alpha value is -3.74. The summed E-state index contributed by atoms with van der Waals surface area (Å²) in [7, 11) is 0. The molecule has 0 radical (unpaired) electrons. The minimum atomic E-state index is 0.0817. The van der Waals surface area contributed by atoms with Crippen LogP contribution in [-0.4, -0.2) is 20.2 Å². The Morgan fingerprint density at radius 3 is 2.38 bits per heavy atom. The molecular weight excluding hydrogens is 366 g/mol. The second kappa shape index (κ2) is 7.35. The molecule has 4 aromatic rings. The molecule has 1 aromatic carbocycles. The van der Waals surface area contributed by atoms with Crippen LogP contribution in [0, 0.1) is 0 Å². The molecule has 0 unspecified atom stereocenters. The Morgan fingerprint density at radius 2 is 1.69 bits per heavy atom. The lowest BCUT2D eigenvalue weighted by Gasteiger charge is -2.19. The van der Waals surface area contributed by atoms with Gasteiger partial charge in [0.2, 0.25) is 5.89 Å². The molecule has 0 saturated carbocycles. The Kier molecular flexibility index (Phi) is 4.72. The van der Waals surface area contributed by atoms with Crippen LogP contribution in [0.15, 0.2) is 65.5 Å². The number of hydrogen-bond acceptors (Lipinski definition) is 7. The maximum Gasteiger partial charge on any atom is 0.252 e. The van der Waals surface area contributed by atoms with E-state index in [1.54, 1.807) is 30.7 Å². The monoisotopic (exact) mass is 387 g/mol. The molecule has 0 atom stereocenters. The third kappa shape index (κ3) is 4.08. The predicted molar refractivity (Wildman–Crippen MR) is 110 cm³/mol. The van der Waals surface area contributed by atoms with Gasteiger partial charge in [-0.1, -0.05) is 32.9 Å². The normalized spacial score (nSPS) is 11.4. The van der Waals surface area contributed by atoms with Crippen molar-refractivity contribution in [1.82, 2.24) is 20.2 Å². The van der Waals surface area contributed by atoms with Crippen LogP contribution in [0.3, 0.4) is 0 Å². The molecule has 3 aromatic heterocycles. The number of nitrogen functional groups attached to an aromatic ring is 1. The summed E-state index contributed by atoms with van der Waals surface area (Å²) in [5.74, 6) is 2.14. The third-order valence-corrected chi connectivity index (χ3v) is 4.41. The van der Waals surface area contributed by atoms with Crippen molar-refractivity contribution in [2.75, 3.05) is 5.73 Å². The van der Waals surface area contributed by atoms with Crippen LogP contribution in [0.5, 0.6) is 11.5 Å². The first kappa shape index (κ1) is 18.6. The first-order chi connectivity index (χ1) is 13.9. The standard InChI is InChI=1S/C22H21N5O2/c1-22(2,3)15-6-8-16(9-7-15)28-17-11-18(19(23)25-13-17)21-27-26-20(29-21)14-5-4-10-24-12-14/h4-13H,1-3H3,(H2,23,25). The van der Waals surface area contributed by atoms with Gasteiger partial charge in [0.25, 0.3) is 5.89 Å². The van der Waals surface area contributed by atoms with Crippen LogP contribution in [0.2, 0.25) is 0 Å². The molecule has 0 aliphatic carbocycles. The fourth-order valence-electron chi connectivity index (χ4n) is 2.78. The second-order valence-corrected chi connectivity index (χ2v) is 7.63. The van der Waals surface area contributed by atoms with E-state index in [0.29, 0.717) is 23.0 Å². The molecule has 4 rings (SSSR count). The van der Waals surface area contributed by atoms with Gasteiger partial charge in [-0.2, -0.15) is 0 Å². The van der Waals surface area contributed by atoms with Crippen LogP contribution in [0.1, 0.15) is 26.3 Å². The van der Waals surface area contributed by atoms with Gasteiger partial charge in [0.15, 0.2) is 0 Å². The van der Waals surface area contributed by atoms with Crippen molar-refractivity contribution in [3.63, 3.8) is 0 Å². The molecule has 7 heteroatoms. The number of nitrogens with zero attached hydrogens (tertiary/aromatic N) is 4. The molecule has 0 fully saturated rings. The lowest BCUT2D eigenvalue weighted by atomic mass is 9.87. The van der Waals surface area contributed by atoms with E-state index < -0.39 is 0 Å². The van der Waals surface area contributed by atoms with Crippen molar-refractivity contribution in [2.24, 2.45) is 0 Å². The van der Waals surface area contributed by atoms with Crippen molar-refractivity contribution < 1.29 is 9.15 Å². The third-order valence-electron chi connectivity index (χ3n) is 4.41. The molecular formula is C22H21N5O2. The van der Waals surface area contributed by atoms with E-state index in [1.165, 1.54) is 5.56 Å². The molecule has 2 N–H and O–H groups in total. The van der Waals surface area contributed by atoms with E-state index in [1.807, 2.05) is 18.2 Å². The quantitative estimate of drug-likeness (QED) is 0.533. The maximum absolute atomic E-state index is 6.02. The molecule has 0 bridgehead atoms. The van der Waals surface area contributed by atoms with Gasteiger partial charge in [-0.25, -0.2) is 4.98 Å². The maximum atomic E-state index is 6.02. The lowest BCUT2D eigenvalue weighted by Crippen LogP contribution is -2.10. The highest BCUT2D eigenvalue weighted by Gasteiger charge is 2.16. The van der Waals surface area contributed by atoms with Gasteiger partial charge in [0, 0.05) is 12.4 Å². The summed E-state index contributed by atoms with van der Waals surface area (Å²) in [5.41, 5.74) is 8.57. The van der Waals surface area contributed by atoms with Gasteiger partial charge in [0.05, 0.1) is 17.3 Å². The van der Waals surface area contributed by atoms with Crippen molar-refractivity contribution in [2.45, 2.75) is 26.2 Å². The summed E-state index contributed by atoms with van der Waals surface area (Å²) in [5, 5.41) is 8.16. The fraction of sp³-hybridized carbons (Fsp3) is 0.182. The molecule has 0 aliphatic rings. The molecule has 29 heavy (non-hydrogen) atoms. The SMILES string of the molecule is CC(C)(C)c1ccc(Oc2cnc(N)c(-c3nnc(-c4cccnc4)o3)c2)cc1. The van der Waals surface area contributed by atoms with Crippen LogP contribution in [0.4, 0.5) is 5.82 Å². The van der Waals surface area contributed by atoms with E-state index in [-0.39, 0.29) is 17.1 Å². The fourth-order valence-corrected chi connectivity index (χ4v) is 2.78. The largest absolute Gasteiger partial charge is 0.456 e. The summed E-state index contributed by atoms with van der Waals surface area (Å²) in [6.45, 7) is 6.51. The number of hydrogen-bond donors (Lipinski definition) is 1. The van der Waals surface area contributed by atoms with E-state index in [9.17, 15) is 0 Å². The van der Waals surface area contributed by atoms with Crippen molar-refractivity contribution in [1.29, 1.82) is 0 Å². The minimum absolute atomic E-state index is 0.0817. The zero-order valence-electron chi connectivity index (χ0n) is 16.5. The number of benzene rings is 1. The summed E-state index contributed by atoms with van der Waals surface area (Å²) >= 11 is 0. The Balaban J connectivity index is 1.59. The first-order valence-corrected chi connectivity index (χ1v) is 9.18. The van der Waals surface area contributed by atoms with Gasteiger partial charge < -0.3 is 14.9 Å². The van der Waals surface area contributed by atoms with Gasteiger partial charge in [-0.3, -0.25) is 4.98 Å². The van der Waals surface area contributed by atoms with Gasteiger partial charge in [-0.05, 0) is 41.3 Å². The topological polar surface area (TPSA) is 100.0 Å². The van der Waals surface area contributed by atoms with Crippen molar-refractivity contribution in [3.05, 3.63) is 66.6 Å². The van der Waals surface area contributed by atoms with Crippen LogP contribution in [-0.2, 0) is 5.41 Å². The van der Waals surface area contributed by atoms with Crippen LogP contribution in [0.25, 0.3) is 22.9 Å². The highest BCUT2D eigenvalue weighted by atomic mass is 16.5. The molecule has 0 spiro atoms. The summed E-state index contributed by atoms with van der Waals surface area (Å²) < 4.78 is 11.7. The molecule has 0 aliphatic heterocycles. The number of rotatable bonds is 4. The van der Waals surface area contributed by atoms with Gasteiger partial charge >= 0.3 is 0 Å². The van der Waals surface area contributed by atoms with E-state index in [0.717, 1.165) is 5.56 Å².